The molecule has 0 aliphatic carbocycles. The lowest BCUT2D eigenvalue weighted by atomic mass is 10.2. The summed E-state index contributed by atoms with van der Waals surface area (Å²) in [5.41, 5.74) is 2.45. The van der Waals surface area contributed by atoms with Gasteiger partial charge in [-0.25, -0.2) is 0 Å². The summed E-state index contributed by atoms with van der Waals surface area (Å²) in [4.78, 5) is 23.5. The molecule has 4 rings (SSSR count). The normalized spacial score (nSPS) is 15.0. The number of benzene rings is 1. The zero-order valence-corrected chi connectivity index (χ0v) is 18.3. The average Bonchev–Trinajstić information content (AvgIpc) is 3.41. The fraction of sp³-hybridized carbons (Fsp3) is 0.381. The number of hydrogen-bond donors (Lipinski definition) is 0. The second-order valence-electron chi connectivity index (χ2n) is 7.20. The molecule has 0 unspecified atom stereocenters. The van der Waals surface area contributed by atoms with Gasteiger partial charge in [0.2, 0.25) is 17.6 Å². The third kappa shape index (κ3) is 5.07. The Morgan fingerprint density at radius 1 is 1.21 bits per heavy atom. The van der Waals surface area contributed by atoms with E-state index < -0.39 is 0 Å². The van der Waals surface area contributed by atoms with Gasteiger partial charge in [0.05, 0.1) is 17.2 Å². The van der Waals surface area contributed by atoms with Gasteiger partial charge in [-0.05, 0) is 36.9 Å². The maximum Gasteiger partial charge on any atom is 0.241 e. The van der Waals surface area contributed by atoms with Crippen LogP contribution in [0.1, 0.15) is 17.0 Å². The summed E-state index contributed by atoms with van der Waals surface area (Å²) in [6.07, 6.45) is 0. The number of carbonyl (C=O) groups is 1. The van der Waals surface area contributed by atoms with Crippen LogP contribution in [0.5, 0.6) is 0 Å². The average molecular weight is 429 g/mol. The monoisotopic (exact) mass is 428 g/mol. The molecule has 0 bridgehead atoms. The van der Waals surface area contributed by atoms with Gasteiger partial charge in [-0.1, -0.05) is 28.9 Å². The van der Waals surface area contributed by atoms with Crippen molar-refractivity contribution in [2.24, 2.45) is 0 Å². The van der Waals surface area contributed by atoms with Gasteiger partial charge in [0.25, 0.3) is 0 Å². The summed E-state index contributed by atoms with van der Waals surface area (Å²) in [5, 5.41) is 6.06. The number of carbonyl (C=O) groups excluding carboxylic acids is 1. The van der Waals surface area contributed by atoms with Crippen molar-refractivity contribution < 1.29 is 9.32 Å². The molecule has 0 atom stereocenters. The molecule has 1 saturated heterocycles. The Bertz CT molecular complexity index is 963. The van der Waals surface area contributed by atoms with Gasteiger partial charge < -0.3 is 9.42 Å². The number of amides is 1. The minimum absolute atomic E-state index is 0.202. The predicted octanol–water partition coefficient (Wildman–Crippen LogP) is 3.85. The summed E-state index contributed by atoms with van der Waals surface area (Å²) in [6.45, 7) is 7.89. The lowest BCUT2D eigenvalue weighted by molar-refractivity contribution is -0.130. The lowest BCUT2D eigenvalue weighted by Gasteiger charge is -2.34. The van der Waals surface area contributed by atoms with Gasteiger partial charge in [0.1, 0.15) is 0 Å². The van der Waals surface area contributed by atoms with Crippen LogP contribution in [0.15, 0.2) is 45.1 Å². The fourth-order valence-electron chi connectivity index (χ4n) is 3.27. The molecule has 0 radical (unpaired) electrons. The second kappa shape index (κ2) is 9.11. The van der Waals surface area contributed by atoms with Gasteiger partial charge in [-0.2, -0.15) is 4.98 Å². The molecule has 1 aliphatic rings. The number of thiophene rings is 1. The third-order valence-electron chi connectivity index (χ3n) is 4.99. The van der Waals surface area contributed by atoms with E-state index in [1.807, 2.05) is 22.4 Å². The van der Waals surface area contributed by atoms with Crippen molar-refractivity contribution in [1.82, 2.24) is 19.9 Å². The molecule has 0 saturated carbocycles. The van der Waals surface area contributed by atoms with E-state index in [-0.39, 0.29) is 5.91 Å². The Morgan fingerprint density at radius 3 is 2.79 bits per heavy atom. The SMILES string of the molecule is Cc1ccc(C)c(SCC(=O)N2CCN(Cc3nc(-c4cccs4)no3)CC2)c1. The molecule has 6 nitrogen and oxygen atoms in total. The number of rotatable bonds is 6. The van der Waals surface area contributed by atoms with Crippen molar-refractivity contribution in [3.63, 3.8) is 0 Å². The zero-order chi connectivity index (χ0) is 20.2. The molecule has 0 N–H and O–H groups in total. The van der Waals surface area contributed by atoms with E-state index in [1.54, 1.807) is 23.1 Å². The summed E-state index contributed by atoms with van der Waals surface area (Å²) in [6, 6.07) is 10.3. The molecule has 8 heteroatoms. The highest BCUT2D eigenvalue weighted by Crippen LogP contribution is 2.24. The Kier molecular flexibility index (Phi) is 6.32. The van der Waals surface area contributed by atoms with Gasteiger partial charge in [0.15, 0.2) is 0 Å². The Morgan fingerprint density at radius 2 is 2.03 bits per heavy atom. The summed E-state index contributed by atoms with van der Waals surface area (Å²) in [5.74, 6) is 1.96. The summed E-state index contributed by atoms with van der Waals surface area (Å²) in [7, 11) is 0. The van der Waals surface area contributed by atoms with Crippen molar-refractivity contribution in [3.8, 4) is 10.7 Å². The van der Waals surface area contributed by atoms with Crippen molar-refractivity contribution in [3.05, 3.63) is 52.7 Å². The first kappa shape index (κ1) is 20.1. The largest absolute Gasteiger partial charge is 0.339 e. The quantitative estimate of drug-likeness (QED) is 0.556. The van der Waals surface area contributed by atoms with E-state index >= 15 is 0 Å². The number of aryl methyl sites for hydroxylation is 2. The van der Waals surface area contributed by atoms with Crippen molar-refractivity contribution >= 4 is 29.0 Å². The van der Waals surface area contributed by atoms with Crippen LogP contribution in [0.2, 0.25) is 0 Å². The van der Waals surface area contributed by atoms with E-state index in [9.17, 15) is 4.79 Å². The molecule has 1 amide bonds. The van der Waals surface area contributed by atoms with Crippen LogP contribution in [0.25, 0.3) is 10.7 Å². The summed E-state index contributed by atoms with van der Waals surface area (Å²) >= 11 is 3.23. The molecule has 1 fully saturated rings. The second-order valence-corrected chi connectivity index (χ2v) is 9.17. The highest BCUT2D eigenvalue weighted by molar-refractivity contribution is 8.00. The molecule has 152 valence electrons. The van der Waals surface area contributed by atoms with Gasteiger partial charge in [0, 0.05) is 31.1 Å². The van der Waals surface area contributed by atoms with E-state index in [1.165, 1.54) is 16.0 Å². The lowest BCUT2D eigenvalue weighted by Crippen LogP contribution is -2.48. The van der Waals surface area contributed by atoms with E-state index in [0.717, 1.165) is 31.1 Å². The molecule has 2 aromatic heterocycles. The Balaban J connectivity index is 1.25. The first-order valence-electron chi connectivity index (χ1n) is 9.65. The predicted molar refractivity (Wildman–Crippen MR) is 116 cm³/mol. The van der Waals surface area contributed by atoms with Crippen LogP contribution < -0.4 is 0 Å². The highest BCUT2D eigenvalue weighted by atomic mass is 32.2. The molecule has 29 heavy (non-hydrogen) atoms. The standard InChI is InChI=1S/C21H24N4O2S2/c1-15-5-6-16(2)18(12-15)29-14-20(26)25-9-7-24(8-10-25)13-19-22-21(23-27-19)17-4-3-11-28-17/h3-6,11-12H,7-10,13-14H2,1-2H3. The first-order valence-corrected chi connectivity index (χ1v) is 11.5. The maximum absolute atomic E-state index is 12.6. The number of thioether (sulfide) groups is 1. The fourth-order valence-corrected chi connectivity index (χ4v) is 4.94. The van der Waals surface area contributed by atoms with E-state index in [0.29, 0.717) is 24.0 Å². The Labute approximate surface area is 178 Å². The van der Waals surface area contributed by atoms with Crippen LogP contribution in [0.3, 0.4) is 0 Å². The topological polar surface area (TPSA) is 62.5 Å². The van der Waals surface area contributed by atoms with Crippen LogP contribution in [0, 0.1) is 13.8 Å². The van der Waals surface area contributed by atoms with E-state index in [2.05, 4.69) is 47.1 Å². The molecular formula is C21H24N4O2S2. The van der Waals surface area contributed by atoms with Gasteiger partial charge >= 0.3 is 0 Å². The van der Waals surface area contributed by atoms with Crippen LogP contribution in [-0.4, -0.2) is 57.8 Å². The van der Waals surface area contributed by atoms with Gasteiger partial charge in [-0.3, -0.25) is 9.69 Å². The highest BCUT2D eigenvalue weighted by Gasteiger charge is 2.23. The van der Waals surface area contributed by atoms with Crippen LogP contribution >= 0.6 is 23.1 Å². The minimum Gasteiger partial charge on any atom is -0.339 e. The number of hydrogen-bond acceptors (Lipinski definition) is 7. The van der Waals surface area contributed by atoms with Gasteiger partial charge in [-0.15, -0.1) is 23.1 Å². The smallest absolute Gasteiger partial charge is 0.241 e. The maximum atomic E-state index is 12.6. The Hall–Kier alpha value is -2.16. The number of piperazine rings is 1. The molecule has 0 spiro atoms. The number of aromatic nitrogens is 2. The first-order chi connectivity index (χ1) is 14.1. The number of nitrogens with zero attached hydrogens (tertiary/aromatic N) is 4. The van der Waals surface area contributed by atoms with Crippen molar-refractivity contribution in [1.29, 1.82) is 0 Å². The van der Waals surface area contributed by atoms with Crippen LogP contribution in [-0.2, 0) is 11.3 Å². The van der Waals surface area contributed by atoms with Crippen molar-refractivity contribution in [2.75, 3.05) is 31.9 Å². The molecule has 3 aromatic rings. The molecule has 3 heterocycles. The minimum atomic E-state index is 0.202. The van der Waals surface area contributed by atoms with E-state index in [4.69, 9.17) is 4.52 Å². The molecular weight excluding hydrogens is 404 g/mol. The molecule has 1 aliphatic heterocycles. The molecule has 1 aromatic carbocycles. The van der Waals surface area contributed by atoms with Crippen LogP contribution in [0.4, 0.5) is 0 Å². The third-order valence-corrected chi connectivity index (χ3v) is 7.00. The summed E-state index contributed by atoms with van der Waals surface area (Å²) < 4.78 is 5.39. The zero-order valence-electron chi connectivity index (χ0n) is 16.6. The van der Waals surface area contributed by atoms with Crippen molar-refractivity contribution in [2.45, 2.75) is 25.3 Å².